The van der Waals surface area contributed by atoms with Crippen molar-refractivity contribution in [2.24, 2.45) is 0 Å². The lowest BCUT2D eigenvalue weighted by atomic mass is 9.86. The van der Waals surface area contributed by atoms with E-state index in [0.717, 1.165) is 32.5 Å². The third kappa shape index (κ3) is 2.53. The first kappa shape index (κ1) is 13.8. The van der Waals surface area contributed by atoms with Crippen LogP contribution in [0.5, 0.6) is 0 Å². The Morgan fingerprint density at radius 1 is 1.44 bits per heavy atom. The van der Waals surface area contributed by atoms with Crippen LogP contribution in [0.3, 0.4) is 0 Å². The number of hydrogen-bond acceptors (Lipinski definition) is 5. The number of nitrogens with zero attached hydrogens (tertiary/aromatic N) is 2. The maximum absolute atomic E-state index is 11.6. The van der Waals surface area contributed by atoms with Gasteiger partial charge in [0.05, 0.1) is 17.6 Å². The van der Waals surface area contributed by atoms with E-state index in [4.69, 9.17) is 0 Å². The molecule has 2 aliphatic heterocycles. The molecular weight excluding hydrogens is 250 g/mol. The first-order chi connectivity index (χ1) is 8.53. The van der Waals surface area contributed by atoms with Gasteiger partial charge in [-0.25, -0.2) is 8.42 Å². The fourth-order valence-corrected chi connectivity index (χ4v) is 4.97. The molecule has 5 nitrogen and oxygen atoms in total. The molecule has 2 fully saturated rings. The minimum absolute atomic E-state index is 0.0257. The van der Waals surface area contributed by atoms with Crippen molar-refractivity contribution in [1.29, 1.82) is 5.26 Å². The van der Waals surface area contributed by atoms with Gasteiger partial charge in [0.25, 0.3) is 0 Å². The van der Waals surface area contributed by atoms with Crippen LogP contribution >= 0.6 is 0 Å². The summed E-state index contributed by atoms with van der Waals surface area (Å²) in [7, 11) is -2.89. The molecule has 0 aliphatic carbocycles. The van der Waals surface area contributed by atoms with Gasteiger partial charge in [0.2, 0.25) is 0 Å². The molecule has 0 aromatic rings. The van der Waals surface area contributed by atoms with Gasteiger partial charge in [-0.05, 0) is 38.9 Å². The number of hydrogen-bond donors (Lipinski definition) is 1. The van der Waals surface area contributed by atoms with Crippen molar-refractivity contribution in [1.82, 2.24) is 10.2 Å². The van der Waals surface area contributed by atoms with Crippen LogP contribution in [0, 0.1) is 11.3 Å². The van der Waals surface area contributed by atoms with E-state index in [-0.39, 0.29) is 17.5 Å². The highest BCUT2D eigenvalue weighted by atomic mass is 32.2. The van der Waals surface area contributed by atoms with Gasteiger partial charge >= 0.3 is 0 Å². The predicted octanol–water partition coefficient (Wildman–Crippen LogP) is 0.141. The van der Waals surface area contributed by atoms with Gasteiger partial charge in [0, 0.05) is 6.04 Å². The largest absolute Gasteiger partial charge is 0.317 e. The minimum Gasteiger partial charge on any atom is -0.317 e. The fourth-order valence-electron chi connectivity index (χ4n) is 3.24. The van der Waals surface area contributed by atoms with Crippen molar-refractivity contribution in [3.8, 4) is 6.07 Å². The Bertz CT molecular complexity index is 435. The van der Waals surface area contributed by atoms with Gasteiger partial charge in [-0.1, -0.05) is 6.92 Å². The van der Waals surface area contributed by atoms with E-state index in [2.05, 4.69) is 16.3 Å². The molecule has 1 N–H and O–H groups in total. The third-order valence-corrected chi connectivity index (χ3v) is 5.93. The zero-order valence-corrected chi connectivity index (χ0v) is 11.7. The molecule has 0 radical (unpaired) electrons. The normalized spacial score (nSPS) is 30.2. The summed E-state index contributed by atoms with van der Waals surface area (Å²) in [5, 5.41) is 12.8. The smallest absolute Gasteiger partial charge is 0.151 e. The van der Waals surface area contributed by atoms with Crippen molar-refractivity contribution >= 4 is 9.84 Å². The SMILES string of the molecule is CCN(C1CCS(=O)(=O)C1)C1(C#N)CCNCC1. The quantitative estimate of drug-likeness (QED) is 0.790. The topological polar surface area (TPSA) is 73.2 Å². The Balaban J connectivity index is 2.19. The lowest BCUT2D eigenvalue weighted by molar-refractivity contribution is 0.0738. The number of rotatable bonds is 3. The highest BCUT2D eigenvalue weighted by molar-refractivity contribution is 7.91. The first-order valence-electron chi connectivity index (χ1n) is 6.62. The Morgan fingerprint density at radius 2 is 2.11 bits per heavy atom. The zero-order chi connectivity index (χ0) is 13.2. The third-order valence-electron chi connectivity index (χ3n) is 4.18. The Kier molecular flexibility index (Phi) is 3.95. The molecule has 18 heavy (non-hydrogen) atoms. The molecule has 102 valence electrons. The van der Waals surface area contributed by atoms with Gasteiger partial charge < -0.3 is 5.32 Å². The second-order valence-corrected chi connectivity index (χ2v) is 7.46. The monoisotopic (exact) mass is 271 g/mol. The van der Waals surface area contributed by atoms with Gasteiger partial charge in [-0.15, -0.1) is 0 Å². The number of nitrogens with one attached hydrogen (secondary N) is 1. The molecule has 1 unspecified atom stereocenters. The van der Waals surface area contributed by atoms with Crippen molar-refractivity contribution in [3.05, 3.63) is 0 Å². The van der Waals surface area contributed by atoms with E-state index in [1.165, 1.54) is 0 Å². The van der Waals surface area contributed by atoms with E-state index < -0.39 is 15.4 Å². The van der Waals surface area contributed by atoms with Crippen LogP contribution in [0.15, 0.2) is 0 Å². The Hall–Kier alpha value is -0.640. The highest BCUT2D eigenvalue weighted by Crippen LogP contribution is 2.31. The molecule has 6 heteroatoms. The predicted molar refractivity (Wildman–Crippen MR) is 69.9 cm³/mol. The van der Waals surface area contributed by atoms with Crippen LogP contribution in [0.4, 0.5) is 0 Å². The molecule has 0 saturated carbocycles. The van der Waals surface area contributed by atoms with E-state index >= 15 is 0 Å². The fraction of sp³-hybridized carbons (Fsp3) is 0.917. The van der Waals surface area contributed by atoms with E-state index in [1.54, 1.807) is 0 Å². The molecule has 0 aromatic heterocycles. The molecular formula is C12H21N3O2S. The summed E-state index contributed by atoms with van der Waals surface area (Å²) in [6, 6.07) is 2.49. The van der Waals surface area contributed by atoms with Gasteiger partial charge in [-0.2, -0.15) is 5.26 Å². The van der Waals surface area contributed by atoms with Crippen LogP contribution in [0.25, 0.3) is 0 Å². The van der Waals surface area contributed by atoms with E-state index in [1.807, 2.05) is 6.92 Å². The van der Waals surface area contributed by atoms with Crippen LogP contribution in [-0.2, 0) is 9.84 Å². The second kappa shape index (κ2) is 5.16. The lowest BCUT2D eigenvalue weighted by Crippen LogP contribution is -2.57. The standard InChI is InChI=1S/C12H21N3O2S/c1-2-15(11-3-8-18(16,17)9-11)12(10-13)4-6-14-7-5-12/h11,14H,2-9H2,1H3. The summed E-state index contributed by atoms with van der Waals surface area (Å²) >= 11 is 0. The molecule has 2 heterocycles. The maximum Gasteiger partial charge on any atom is 0.151 e. The average Bonchev–Trinajstić information content (AvgIpc) is 2.71. The van der Waals surface area contributed by atoms with Gasteiger partial charge in [-0.3, -0.25) is 4.90 Å². The highest BCUT2D eigenvalue weighted by Gasteiger charge is 2.44. The Labute approximate surface area is 109 Å². The molecule has 2 aliphatic rings. The van der Waals surface area contributed by atoms with Crippen LogP contribution in [0.1, 0.15) is 26.2 Å². The number of nitriles is 1. The number of sulfone groups is 1. The lowest BCUT2D eigenvalue weighted by Gasteiger charge is -2.44. The molecule has 1 atom stereocenters. The van der Waals surface area contributed by atoms with Crippen molar-refractivity contribution in [2.45, 2.75) is 37.8 Å². The average molecular weight is 271 g/mol. The molecule has 0 aromatic carbocycles. The summed E-state index contributed by atoms with van der Waals surface area (Å²) in [4.78, 5) is 2.14. The molecule has 2 rings (SSSR count). The summed E-state index contributed by atoms with van der Waals surface area (Å²) in [6.45, 7) is 4.44. The maximum atomic E-state index is 11.6. The second-order valence-electron chi connectivity index (χ2n) is 5.24. The number of piperidine rings is 1. The minimum atomic E-state index is -2.89. The van der Waals surface area contributed by atoms with E-state index in [9.17, 15) is 13.7 Å². The molecule has 2 saturated heterocycles. The van der Waals surface area contributed by atoms with E-state index in [0.29, 0.717) is 6.42 Å². The Morgan fingerprint density at radius 3 is 2.56 bits per heavy atom. The summed E-state index contributed by atoms with van der Waals surface area (Å²) in [5.41, 5.74) is -0.468. The van der Waals surface area contributed by atoms with Crippen LogP contribution in [0.2, 0.25) is 0 Å². The molecule has 0 spiro atoms. The molecule has 0 bridgehead atoms. The summed E-state index contributed by atoms with van der Waals surface area (Å²) < 4.78 is 23.2. The summed E-state index contributed by atoms with van der Waals surface area (Å²) in [6.07, 6.45) is 2.24. The summed E-state index contributed by atoms with van der Waals surface area (Å²) in [5.74, 6) is 0.492. The van der Waals surface area contributed by atoms with Crippen LogP contribution in [-0.4, -0.2) is 56.0 Å². The van der Waals surface area contributed by atoms with Crippen LogP contribution < -0.4 is 5.32 Å². The molecule has 0 amide bonds. The zero-order valence-electron chi connectivity index (χ0n) is 10.9. The first-order valence-corrected chi connectivity index (χ1v) is 8.44. The van der Waals surface area contributed by atoms with Gasteiger partial charge in [0.15, 0.2) is 9.84 Å². The van der Waals surface area contributed by atoms with Crippen molar-refractivity contribution < 1.29 is 8.42 Å². The van der Waals surface area contributed by atoms with Crippen molar-refractivity contribution in [2.75, 3.05) is 31.1 Å². The van der Waals surface area contributed by atoms with Gasteiger partial charge in [0.1, 0.15) is 5.54 Å². The van der Waals surface area contributed by atoms with Crippen molar-refractivity contribution in [3.63, 3.8) is 0 Å².